The zero-order chi connectivity index (χ0) is 19.1. The maximum absolute atomic E-state index is 12.8. The van der Waals surface area contributed by atoms with Gasteiger partial charge in [-0.1, -0.05) is 31.2 Å². The molecule has 0 bridgehead atoms. The summed E-state index contributed by atoms with van der Waals surface area (Å²) in [5.41, 5.74) is 2.47. The van der Waals surface area contributed by atoms with E-state index < -0.39 is 0 Å². The molecule has 28 heavy (non-hydrogen) atoms. The lowest BCUT2D eigenvalue weighted by atomic mass is 10.0. The van der Waals surface area contributed by atoms with Crippen LogP contribution >= 0.6 is 24.2 Å². The van der Waals surface area contributed by atoms with Gasteiger partial charge in [-0.15, -0.1) is 24.2 Å². The lowest BCUT2D eigenvalue weighted by molar-refractivity contribution is -0.132. The van der Waals surface area contributed by atoms with Gasteiger partial charge in [-0.3, -0.25) is 9.59 Å². The van der Waals surface area contributed by atoms with Crippen LogP contribution in [0, 0.1) is 0 Å². The van der Waals surface area contributed by atoms with Gasteiger partial charge in [-0.25, -0.2) is 0 Å². The number of nitrogens with one attached hydrogen (secondary N) is 1. The molecule has 2 fully saturated rings. The number of aryl methyl sites for hydroxylation is 1. The highest BCUT2D eigenvalue weighted by molar-refractivity contribution is 8.00. The number of halogens is 1. The normalized spacial score (nSPS) is 19.8. The first-order valence-electron chi connectivity index (χ1n) is 9.71. The molecule has 8 heteroatoms. The molecule has 2 heterocycles. The van der Waals surface area contributed by atoms with Crippen LogP contribution in [0.1, 0.15) is 24.1 Å². The number of nitrogens with zero attached hydrogens (tertiary/aromatic N) is 2. The second-order valence-corrected chi connectivity index (χ2v) is 7.87. The minimum absolute atomic E-state index is 0. The molecule has 0 radical (unpaired) electrons. The van der Waals surface area contributed by atoms with Gasteiger partial charge in [0.1, 0.15) is 0 Å². The molecule has 2 amide bonds. The molecule has 0 saturated carbocycles. The summed E-state index contributed by atoms with van der Waals surface area (Å²) in [5.74, 6) is 0.914. The van der Waals surface area contributed by atoms with E-state index in [9.17, 15) is 9.59 Å². The third-order valence-electron chi connectivity index (χ3n) is 5.15. The van der Waals surface area contributed by atoms with E-state index in [2.05, 4.69) is 36.5 Å². The van der Waals surface area contributed by atoms with Crippen molar-refractivity contribution in [3.05, 3.63) is 35.4 Å². The van der Waals surface area contributed by atoms with Crippen molar-refractivity contribution in [2.75, 3.05) is 57.4 Å². The van der Waals surface area contributed by atoms with Gasteiger partial charge in [0.25, 0.3) is 0 Å². The highest BCUT2D eigenvalue weighted by Crippen LogP contribution is 2.24. The standard InChI is InChI=1S/C20H29N3O3S.ClH/c1-2-16-3-5-17(6-4-16)18-13-21-7-8-23(18)20(25)15-27-14-19(24)22-9-11-26-12-10-22;/h3-6,18,21H,2,7-15H2,1H3;1H. The Balaban J connectivity index is 0.00000280. The van der Waals surface area contributed by atoms with Crippen molar-refractivity contribution in [2.24, 2.45) is 0 Å². The van der Waals surface area contributed by atoms with Crippen molar-refractivity contribution in [1.82, 2.24) is 15.1 Å². The van der Waals surface area contributed by atoms with E-state index in [-0.39, 0.29) is 30.3 Å². The third kappa shape index (κ3) is 6.11. The predicted molar refractivity (Wildman–Crippen MR) is 115 cm³/mol. The van der Waals surface area contributed by atoms with Crippen LogP contribution in [0.15, 0.2) is 24.3 Å². The summed E-state index contributed by atoms with van der Waals surface area (Å²) in [6.07, 6.45) is 1.01. The highest BCUT2D eigenvalue weighted by atomic mass is 35.5. The zero-order valence-corrected chi connectivity index (χ0v) is 18.0. The van der Waals surface area contributed by atoms with Crippen LogP contribution in [-0.4, -0.2) is 79.1 Å². The number of amides is 2. The van der Waals surface area contributed by atoms with Gasteiger partial charge < -0.3 is 19.9 Å². The molecule has 2 aliphatic heterocycles. The number of carbonyl (C=O) groups excluding carboxylic acids is 2. The van der Waals surface area contributed by atoms with Crippen LogP contribution in [0.25, 0.3) is 0 Å². The van der Waals surface area contributed by atoms with Crippen LogP contribution in [0.3, 0.4) is 0 Å². The van der Waals surface area contributed by atoms with Gasteiger partial charge in [-0.2, -0.15) is 0 Å². The van der Waals surface area contributed by atoms with Gasteiger partial charge >= 0.3 is 0 Å². The molecule has 1 unspecified atom stereocenters. The molecule has 1 aromatic rings. The smallest absolute Gasteiger partial charge is 0.233 e. The number of hydrogen-bond donors (Lipinski definition) is 1. The molecule has 2 aliphatic rings. The predicted octanol–water partition coefficient (Wildman–Crippen LogP) is 1.74. The minimum Gasteiger partial charge on any atom is -0.378 e. The van der Waals surface area contributed by atoms with E-state index in [0.717, 1.165) is 19.5 Å². The van der Waals surface area contributed by atoms with Crippen molar-refractivity contribution < 1.29 is 14.3 Å². The molecular formula is C20H30ClN3O3S. The number of benzene rings is 1. The largest absolute Gasteiger partial charge is 0.378 e. The Labute approximate surface area is 177 Å². The van der Waals surface area contributed by atoms with E-state index in [4.69, 9.17) is 4.74 Å². The molecule has 1 atom stereocenters. The topological polar surface area (TPSA) is 61.9 Å². The fourth-order valence-electron chi connectivity index (χ4n) is 3.49. The lowest BCUT2D eigenvalue weighted by Gasteiger charge is -2.36. The number of rotatable bonds is 6. The molecule has 156 valence electrons. The Morgan fingerprint density at radius 1 is 1.11 bits per heavy atom. The number of hydrogen-bond acceptors (Lipinski definition) is 5. The van der Waals surface area contributed by atoms with Crippen molar-refractivity contribution in [2.45, 2.75) is 19.4 Å². The molecule has 6 nitrogen and oxygen atoms in total. The van der Waals surface area contributed by atoms with Crippen molar-refractivity contribution in [1.29, 1.82) is 0 Å². The molecule has 0 aliphatic carbocycles. The van der Waals surface area contributed by atoms with Gasteiger partial charge in [0.05, 0.1) is 30.8 Å². The molecule has 0 aromatic heterocycles. The average Bonchev–Trinajstić information content (AvgIpc) is 2.74. The molecular weight excluding hydrogens is 398 g/mol. The van der Waals surface area contributed by atoms with Crippen LogP contribution in [0.4, 0.5) is 0 Å². The maximum atomic E-state index is 12.8. The van der Waals surface area contributed by atoms with E-state index >= 15 is 0 Å². The second-order valence-electron chi connectivity index (χ2n) is 6.89. The summed E-state index contributed by atoms with van der Waals surface area (Å²) < 4.78 is 5.27. The maximum Gasteiger partial charge on any atom is 0.233 e. The summed E-state index contributed by atoms with van der Waals surface area (Å²) in [6, 6.07) is 8.61. The Kier molecular flexibility index (Phi) is 9.58. The summed E-state index contributed by atoms with van der Waals surface area (Å²) in [4.78, 5) is 28.8. The lowest BCUT2D eigenvalue weighted by Crippen LogP contribution is -2.49. The Hall–Kier alpha value is -1.28. The summed E-state index contributed by atoms with van der Waals surface area (Å²) in [5, 5.41) is 3.39. The summed E-state index contributed by atoms with van der Waals surface area (Å²) in [7, 11) is 0. The molecule has 3 rings (SSSR count). The molecule has 2 saturated heterocycles. The van der Waals surface area contributed by atoms with E-state index in [1.807, 2.05) is 9.80 Å². The first kappa shape index (κ1) is 23.0. The Morgan fingerprint density at radius 2 is 1.79 bits per heavy atom. The van der Waals surface area contributed by atoms with Gasteiger partial charge in [0.15, 0.2) is 0 Å². The number of piperazine rings is 1. The van der Waals surface area contributed by atoms with Crippen LogP contribution in [-0.2, 0) is 20.7 Å². The zero-order valence-electron chi connectivity index (χ0n) is 16.4. The summed E-state index contributed by atoms with van der Waals surface area (Å²) in [6.45, 7) is 6.95. The fraction of sp³-hybridized carbons (Fsp3) is 0.600. The molecule has 1 N–H and O–H groups in total. The summed E-state index contributed by atoms with van der Waals surface area (Å²) >= 11 is 1.42. The number of carbonyl (C=O) groups is 2. The monoisotopic (exact) mass is 427 g/mol. The molecule has 0 spiro atoms. The van der Waals surface area contributed by atoms with Crippen LogP contribution < -0.4 is 5.32 Å². The number of thioether (sulfide) groups is 1. The van der Waals surface area contributed by atoms with Crippen LogP contribution in [0.2, 0.25) is 0 Å². The van der Waals surface area contributed by atoms with Crippen molar-refractivity contribution in [3.8, 4) is 0 Å². The van der Waals surface area contributed by atoms with Gasteiger partial charge in [0.2, 0.25) is 11.8 Å². The van der Waals surface area contributed by atoms with Crippen molar-refractivity contribution >= 4 is 36.0 Å². The third-order valence-corrected chi connectivity index (χ3v) is 6.05. The van der Waals surface area contributed by atoms with E-state index in [0.29, 0.717) is 44.4 Å². The second kappa shape index (κ2) is 11.7. The van der Waals surface area contributed by atoms with E-state index in [1.54, 1.807) is 0 Å². The minimum atomic E-state index is 0. The fourth-order valence-corrected chi connectivity index (χ4v) is 4.29. The van der Waals surface area contributed by atoms with Gasteiger partial charge in [-0.05, 0) is 17.5 Å². The van der Waals surface area contributed by atoms with Crippen LogP contribution in [0.5, 0.6) is 0 Å². The highest BCUT2D eigenvalue weighted by Gasteiger charge is 2.28. The number of ether oxygens (including phenoxy) is 1. The van der Waals surface area contributed by atoms with E-state index in [1.165, 1.54) is 22.9 Å². The first-order valence-corrected chi connectivity index (χ1v) is 10.9. The number of morpholine rings is 1. The van der Waals surface area contributed by atoms with Gasteiger partial charge in [0, 0.05) is 32.7 Å². The molecule has 1 aromatic carbocycles. The SMILES string of the molecule is CCc1ccc(C2CNCCN2C(=O)CSCC(=O)N2CCOCC2)cc1.Cl. The average molecular weight is 428 g/mol. The Bertz CT molecular complexity index is 638. The quantitative estimate of drug-likeness (QED) is 0.749. The Morgan fingerprint density at radius 3 is 2.46 bits per heavy atom. The van der Waals surface area contributed by atoms with Crippen molar-refractivity contribution in [3.63, 3.8) is 0 Å². The first-order chi connectivity index (χ1) is 13.2.